The van der Waals surface area contributed by atoms with Crippen molar-refractivity contribution < 1.29 is 33.8 Å². The number of phenols is 1. The number of esters is 1. The number of aromatic hydroxyl groups is 1. The molecule has 2 heterocycles. The van der Waals surface area contributed by atoms with Crippen LogP contribution in [0.4, 0.5) is 16.3 Å². The van der Waals surface area contributed by atoms with E-state index in [4.69, 9.17) is 9.47 Å². The normalized spacial score (nSPS) is 10.7. The molecule has 0 aliphatic heterocycles. The summed E-state index contributed by atoms with van der Waals surface area (Å²) in [4.78, 5) is 57.0. The number of aryl methyl sites for hydroxylation is 2. The average molecular weight is 575 g/mol. The number of nitrogens with one attached hydrogen (secondary N) is 2. The summed E-state index contributed by atoms with van der Waals surface area (Å²) >= 11 is 0. The summed E-state index contributed by atoms with van der Waals surface area (Å²) in [5.41, 5.74) is 2.49. The highest BCUT2D eigenvalue weighted by atomic mass is 16.7. The molecule has 0 fully saturated rings. The Kier molecular flexibility index (Phi) is 9.00. The van der Waals surface area contributed by atoms with E-state index < -0.39 is 18.9 Å². The number of anilines is 2. The fourth-order valence-electron chi connectivity index (χ4n) is 4.22. The second-order valence-electron chi connectivity index (χ2n) is 9.11. The Balaban J connectivity index is 1.75. The lowest BCUT2D eigenvalue weighted by molar-refractivity contribution is -0.0000731. The van der Waals surface area contributed by atoms with Gasteiger partial charge in [-0.15, -0.1) is 0 Å². The molecule has 0 saturated carbocycles. The maximum absolute atomic E-state index is 13.7. The monoisotopic (exact) mass is 574 g/mol. The summed E-state index contributed by atoms with van der Waals surface area (Å²) in [6, 6.07) is 10.2. The summed E-state index contributed by atoms with van der Waals surface area (Å²) in [5.74, 6) is -1.39. The van der Waals surface area contributed by atoms with E-state index in [9.17, 15) is 24.3 Å². The van der Waals surface area contributed by atoms with E-state index in [1.807, 2.05) is 0 Å². The fourth-order valence-corrected chi connectivity index (χ4v) is 4.22. The molecule has 0 atom stereocenters. The van der Waals surface area contributed by atoms with Crippen LogP contribution in [-0.2, 0) is 9.47 Å². The number of fused-ring (bicyclic) bond motifs is 1. The van der Waals surface area contributed by atoms with Crippen molar-refractivity contribution >= 4 is 40.9 Å². The predicted octanol–water partition coefficient (Wildman–Crippen LogP) is 3.64. The zero-order valence-electron chi connectivity index (χ0n) is 23.5. The number of hydrogen-bond acceptors (Lipinski definition) is 9. The van der Waals surface area contributed by atoms with Gasteiger partial charge < -0.3 is 25.2 Å². The van der Waals surface area contributed by atoms with Gasteiger partial charge in [0.1, 0.15) is 17.6 Å². The van der Waals surface area contributed by atoms with Gasteiger partial charge in [0.25, 0.3) is 11.8 Å². The molecule has 218 valence electrons. The highest BCUT2D eigenvalue weighted by Crippen LogP contribution is 2.34. The molecule has 0 aliphatic carbocycles. The minimum absolute atomic E-state index is 0.0222. The molecule has 13 heteroatoms. The van der Waals surface area contributed by atoms with Crippen LogP contribution in [0.5, 0.6) is 5.75 Å². The zero-order chi connectivity index (χ0) is 30.4. The second kappa shape index (κ2) is 12.8. The molecule has 3 amide bonds. The minimum atomic E-state index is -0.967. The smallest absolute Gasteiger partial charge is 0.423 e. The third-order valence-electron chi connectivity index (χ3n) is 6.31. The Hall–Kier alpha value is -5.46. The first-order valence-corrected chi connectivity index (χ1v) is 13.1. The summed E-state index contributed by atoms with van der Waals surface area (Å²) in [5, 5.41) is 19.1. The van der Waals surface area contributed by atoms with Gasteiger partial charge in [-0.25, -0.2) is 24.0 Å². The van der Waals surface area contributed by atoms with Gasteiger partial charge in [-0.05, 0) is 75.2 Å². The van der Waals surface area contributed by atoms with Gasteiger partial charge in [-0.1, -0.05) is 6.07 Å². The van der Waals surface area contributed by atoms with Gasteiger partial charge in [0, 0.05) is 24.8 Å². The van der Waals surface area contributed by atoms with E-state index in [0.29, 0.717) is 35.3 Å². The number of rotatable bonds is 9. The van der Waals surface area contributed by atoms with Crippen molar-refractivity contribution in [2.45, 2.75) is 27.7 Å². The SMILES string of the molecule is CCNC(=O)c1ccc(C)c(N(C(=O)OCOC(=O)c2ccc(O)cc2)c2ncnn3cc(C(=O)NCC)c(C)c23)c1. The predicted molar refractivity (Wildman–Crippen MR) is 152 cm³/mol. The van der Waals surface area contributed by atoms with Gasteiger partial charge in [0.15, 0.2) is 5.82 Å². The molecule has 42 heavy (non-hydrogen) atoms. The van der Waals surface area contributed by atoms with Gasteiger partial charge in [0.05, 0.1) is 16.8 Å². The number of carbonyl (C=O) groups is 4. The highest BCUT2D eigenvalue weighted by molar-refractivity contribution is 6.05. The van der Waals surface area contributed by atoms with Crippen molar-refractivity contribution in [3.05, 3.63) is 82.8 Å². The standard InChI is InChI=1S/C29H30N6O7/c1-5-30-26(37)20-8-7-17(3)23(13-20)35(29(40)42-16-41-28(39)19-9-11-21(36)12-10-19)25-24-18(4)22(27(38)31-6-2)14-34(24)33-15-32-25/h7-15,36H,5-6,16H2,1-4H3,(H,30,37)(H,31,38). The summed E-state index contributed by atoms with van der Waals surface area (Å²) in [6.45, 7) is 7.10. The van der Waals surface area contributed by atoms with E-state index in [2.05, 4.69) is 20.7 Å². The summed E-state index contributed by atoms with van der Waals surface area (Å²) in [6.07, 6.45) is 1.78. The van der Waals surface area contributed by atoms with Gasteiger partial charge >= 0.3 is 12.1 Å². The highest BCUT2D eigenvalue weighted by Gasteiger charge is 2.29. The zero-order valence-corrected chi connectivity index (χ0v) is 23.5. The molecular weight excluding hydrogens is 544 g/mol. The van der Waals surface area contributed by atoms with E-state index in [-0.39, 0.29) is 40.2 Å². The number of hydrogen-bond donors (Lipinski definition) is 3. The Morgan fingerprint density at radius 1 is 0.929 bits per heavy atom. The third-order valence-corrected chi connectivity index (χ3v) is 6.31. The number of amides is 3. The van der Waals surface area contributed by atoms with Crippen LogP contribution in [0, 0.1) is 13.8 Å². The molecule has 0 saturated heterocycles. The molecule has 4 rings (SSSR count). The van der Waals surface area contributed by atoms with Crippen molar-refractivity contribution in [3.8, 4) is 5.75 Å². The Morgan fingerprint density at radius 3 is 2.29 bits per heavy atom. The maximum atomic E-state index is 13.7. The molecule has 0 unspecified atom stereocenters. The molecule has 0 aliphatic rings. The van der Waals surface area contributed by atoms with E-state index in [0.717, 1.165) is 4.90 Å². The number of aromatic nitrogens is 3. The molecular formula is C29H30N6O7. The largest absolute Gasteiger partial charge is 0.508 e. The van der Waals surface area contributed by atoms with Gasteiger partial charge in [0.2, 0.25) is 6.79 Å². The van der Waals surface area contributed by atoms with Crippen LogP contribution in [0.25, 0.3) is 5.52 Å². The molecule has 4 aromatic rings. The molecule has 0 radical (unpaired) electrons. The quantitative estimate of drug-likeness (QED) is 0.200. The van der Waals surface area contributed by atoms with Crippen LogP contribution in [0.3, 0.4) is 0 Å². The number of nitrogens with zero attached hydrogens (tertiary/aromatic N) is 4. The van der Waals surface area contributed by atoms with E-state index in [1.54, 1.807) is 39.8 Å². The van der Waals surface area contributed by atoms with Crippen molar-refractivity contribution in [1.29, 1.82) is 0 Å². The van der Waals surface area contributed by atoms with Crippen molar-refractivity contribution in [3.63, 3.8) is 0 Å². The van der Waals surface area contributed by atoms with Crippen molar-refractivity contribution in [2.75, 3.05) is 24.8 Å². The summed E-state index contributed by atoms with van der Waals surface area (Å²) < 4.78 is 11.9. The minimum Gasteiger partial charge on any atom is -0.508 e. The second-order valence-corrected chi connectivity index (χ2v) is 9.11. The first-order valence-electron chi connectivity index (χ1n) is 13.1. The molecule has 13 nitrogen and oxygen atoms in total. The van der Waals surface area contributed by atoms with Crippen LogP contribution < -0.4 is 15.5 Å². The van der Waals surface area contributed by atoms with Crippen LogP contribution in [0.2, 0.25) is 0 Å². The molecule has 2 aromatic carbocycles. The number of carbonyl (C=O) groups excluding carboxylic acids is 4. The maximum Gasteiger partial charge on any atom is 0.423 e. The molecule has 0 spiro atoms. The number of phenolic OH excluding ortho intramolecular Hbond substituents is 1. The third kappa shape index (κ3) is 6.14. The molecule has 0 bridgehead atoms. The Labute approximate surface area is 241 Å². The average Bonchev–Trinajstić information content (AvgIpc) is 3.31. The Morgan fingerprint density at radius 2 is 1.60 bits per heavy atom. The molecule has 2 aromatic heterocycles. The lowest BCUT2D eigenvalue weighted by Gasteiger charge is -2.24. The van der Waals surface area contributed by atoms with E-state index in [1.165, 1.54) is 47.4 Å². The van der Waals surface area contributed by atoms with Crippen LogP contribution >= 0.6 is 0 Å². The molecule has 3 N–H and O–H groups in total. The van der Waals surface area contributed by atoms with Crippen LogP contribution in [-0.4, -0.2) is 63.5 Å². The first-order chi connectivity index (χ1) is 20.2. The van der Waals surface area contributed by atoms with Crippen molar-refractivity contribution in [1.82, 2.24) is 25.2 Å². The Bertz CT molecular complexity index is 1650. The van der Waals surface area contributed by atoms with Crippen molar-refractivity contribution in [2.24, 2.45) is 0 Å². The van der Waals surface area contributed by atoms with Crippen LogP contribution in [0.15, 0.2) is 55.0 Å². The first kappa shape index (κ1) is 29.5. The topological polar surface area (TPSA) is 164 Å². The fraction of sp³-hybridized carbons (Fsp3) is 0.241. The van der Waals surface area contributed by atoms with Gasteiger partial charge in [-0.2, -0.15) is 5.10 Å². The van der Waals surface area contributed by atoms with Crippen LogP contribution in [0.1, 0.15) is 56.0 Å². The van der Waals surface area contributed by atoms with E-state index >= 15 is 0 Å². The number of ether oxygens (including phenoxy) is 2. The van der Waals surface area contributed by atoms with Gasteiger partial charge in [-0.3, -0.25) is 9.59 Å². The lowest BCUT2D eigenvalue weighted by Crippen LogP contribution is -2.31. The number of benzene rings is 2. The summed E-state index contributed by atoms with van der Waals surface area (Å²) in [7, 11) is 0. The lowest BCUT2D eigenvalue weighted by atomic mass is 10.1.